The molecule has 0 radical (unpaired) electrons. The lowest BCUT2D eigenvalue weighted by atomic mass is 9.35. The SMILES string of the molecule is C=C1C(=O)[C@]23[C@@H](O)[C@H]1CC[C@H]2[C@]12CO[C@@]3(O)[C@H](O)[C@@H]1C(C)(C)CC[C@H]2O. The number of ketones is 1. The smallest absolute Gasteiger partial charge is 0.208 e. The minimum atomic E-state index is -2.15. The van der Waals surface area contributed by atoms with E-state index in [9.17, 15) is 25.2 Å². The molecule has 26 heavy (non-hydrogen) atoms. The van der Waals surface area contributed by atoms with Crippen molar-refractivity contribution in [2.75, 3.05) is 6.61 Å². The third-order valence-corrected chi connectivity index (χ3v) is 8.88. The highest BCUT2D eigenvalue weighted by atomic mass is 16.6. The van der Waals surface area contributed by atoms with E-state index in [1.807, 2.05) is 13.8 Å². The highest BCUT2D eigenvalue weighted by Crippen LogP contribution is 2.76. The standard InChI is InChI=1S/C20H28O6/c1-9-10-4-5-11-18-8-26-20(25,19(11,14(9)22)15(10)23)16(24)13(18)17(2,3)7-6-12(18)21/h10-13,15-16,21,23-25H,1,4-8H2,2-3H3/t10-,11-,12+,13+,15-,16+,18-,19-,20-/m0/s1. The summed E-state index contributed by atoms with van der Waals surface area (Å²) in [5.41, 5.74) is -2.49. The summed E-state index contributed by atoms with van der Waals surface area (Å²) < 4.78 is 5.80. The van der Waals surface area contributed by atoms with Crippen LogP contribution in [-0.2, 0) is 9.53 Å². The monoisotopic (exact) mass is 364 g/mol. The molecule has 144 valence electrons. The molecule has 6 fully saturated rings. The van der Waals surface area contributed by atoms with E-state index in [2.05, 4.69) is 6.58 Å². The van der Waals surface area contributed by atoms with Crippen molar-refractivity contribution in [3.8, 4) is 0 Å². The summed E-state index contributed by atoms with van der Waals surface area (Å²) >= 11 is 0. The lowest BCUT2D eigenvalue weighted by Crippen LogP contribution is -2.85. The van der Waals surface area contributed by atoms with Gasteiger partial charge in [-0.05, 0) is 42.6 Å². The number of carbonyl (C=O) groups excluding carboxylic acids is 1. The van der Waals surface area contributed by atoms with Crippen molar-refractivity contribution in [3.05, 3.63) is 12.2 Å². The van der Waals surface area contributed by atoms with E-state index in [0.717, 1.165) is 6.42 Å². The number of rotatable bonds is 0. The Kier molecular flexibility index (Phi) is 3.07. The van der Waals surface area contributed by atoms with Crippen LogP contribution in [0.3, 0.4) is 0 Å². The van der Waals surface area contributed by atoms with Gasteiger partial charge in [-0.25, -0.2) is 0 Å². The van der Waals surface area contributed by atoms with Gasteiger partial charge in [0.05, 0.1) is 18.8 Å². The summed E-state index contributed by atoms with van der Waals surface area (Å²) in [5, 5.41) is 45.1. The van der Waals surface area contributed by atoms with Crippen molar-refractivity contribution in [3.63, 3.8) is 0 Å². The van der Waals surface area contributed by atoms with E-state index < -0.39 is 58.5 Å². The molecule has 0 unspecified atom stereocenters. The Morgan fingerprint density at radius 3 is 2.50 bits per heavy atom. The van der Waals surface area contributed by atoms with Gasteiger partial charge in [-0.15, -0.1) is 0 Å². The zero-order valence-electron chi connectivity index (χ0n) is 15.3. The van der Waals surface area contributed by atoms with Gasteiger partial charge >= 0.3 is 0 Å². The molecule has 4 aliphatic carbocycles. The number of ether oxygens (including phenoxy) is 1. The first-order valence-corrected chi connectivity index (χ1v) is 9.71. The van der Waals surface area contributed by atoms with E-state index >= 15 is 0 Å². The minimum absolute atomic E-state index is 0.0966. The van der Waals surface area contributed by atoms with Crippen LogP contribution in [0.15, 0.2) is 12.2 Å². The van der Waals surface area contributed by atoms with Gasteiger partial charge in [0, 0.05) is 17.3 Å². The molecule has 4 bridgehead atoms. The average Bonchev–Trinajstić information content (AvgIpc) is 2.69. The molecule has 4 N–H and O–H groups in total. The van der Waals surface area contributed by atoms with Gasteiger partial charge in [0.2, 0.25) is 5.79 Å². The third kappa shape index (κ3) is 1.41. The molecule has 2 saturated heterocycles. The maximum absolute atomic E-state index is 13.3. The molecule has 2 heterocycles. The Hall–Kier alpha value is -0.790. The lowest BCUT2D eigenvalue weighted by molar-refractivity contribution is -0.458. The Morgan fingerprint density at radius 1 is 1.12 bits per heavy atom. The summed E-state index contributed by atoms with van der Waals surface area (Å²) in [5.74, 6) is -3.80. The van der Waals surface area contributed by atoms with Gasteiger partial charge in [0.15, 0.2) is 5.78 Å². The number of Topliss-reactive ketones (excluding diaryl/α,β-unsaturated/α-hetero) is 1. The number of carbonyl (C=O) groups is 1. The lowest BCUT2D eigenvalue weighted by Gasteiger charge is -2.74. The van der Waals surface area contributed by atoms with Gasteiger partial charge in [-0.3, -0.25) is 4.79 Å². The predicted molar refractivity (Wildman–Crippen MR) is 90.7 cm³/mol. The van der Waals surface area contributed by atoms with E-state index in [-0.39, 0.29) is 12.0 Å². The first-order chi connectivity index (χ1) is 12.1. The van der Waals surface area contributed by atoms with E-state index in [4.69, 9.17) is 4.74 Å². The molecule has 6 nitrogen and oxygen atoms in total. The fraction of sp³-hybridized carbons (Fsp3) is 0.850. The fourth-order valence-corrected chi connectivity index (χ4v) is 7.90. The number of aliphatic hydroxyl groups excluding tert-OH is 3. The first-order valence-electron chi connectivity index (χ1n) is 9.71. The van der Waals surface area contributed by atoms with Gasteiger partial charge in [0.25, 0.3) is 0 Å². The zero-order chi connectivity index (χ0) is 18.9. The highest BCUT2D eigenvalue weighted by Gasteiger charge is 2.86. The third-order valence-electron chi connectivity index (χ3n) is 8.88. The van der Waals surface area contributed by atoms with Crippen LogP contribution in [0, 0.1) is 34.0 Å². The number of hydrogen-bond donors (Lipinski definition) is 4. The van der Waals surface area contributed by atoms with Crippen molar-refractivity contribution in [2.45, 2.75) is 63.6 Å². The summed E-state index contributed by atoms with van der Waals surface area (Å²) in [6.07, 6.45) is -0.747. The first kappa shape index (κ1) is 17.3. The fourth-order valence-electron chi connectivity index (χ4n) is 7.90. The number of hydrogen-bond acceptors (Lipinski definition) is 6. The van der Waals surface area contributed by atoms with E-state index in [1.54, 1.807) is 0 Å². The van der Waals surface area contributed by atoms with Crippen LogP contribution < -0.4 is 0 Å². The van der Waals surface area contributed by atoms with Gasteiger partial charge in [0.1, 0.15) is 11.5 Å². The van der Waals surface area contributed by atoms with Crippen molar-refractivity contribution in [1.29, 1.82) is 0 Å². The van der Waals surface area contributed by atoms with Crippen molar-refractivity contribution >= 4 is 5.78 Å². The molecule has 6 heteroatoms. The molecule has 9 atom stereocenters. The second kappa shape index (κ2) is 4.61. The van der Waals surface area contributed by atoms with Crippen LogP contribution >= 0.6 is 0 Å². The quantitative estimate of drug-likeness (QED) is 0.463. The molecule has 0 aromatic rings. The largest absolute Gasteiger partial charge is 0.392 e. The second-order valence-electron chi connectivity index (χ2n) is 9.97. The predicted octanol–water partition coefficient (Wildman–Crippen LogP) is 0.376. The van der Waals surface area contributed by atoms with Crippen LogP contribution in [0.4, 0.5) is 0 Å². The summed E-state index contributed by atoms with van der Waals surface area (Å²) in [6, 6.07) is 0. The molecule has 0 aromatic heterocycles. The van der Waals surface area contributed by atoms with Crippen LogP contribution in [-0.4, -0.2) is 56.9 Å². The zero-order valence-corrected chi connectivity index (χ0v) is 15.3. The second-order valence-corrected chi connectivity index (χ2v) is 9.97. The summed E-state index contributed by atoms with van der Waals surface area (Å²) in [7, 11) is 0. The molecule has 2 spiro atoms. The van der Waals surface area contributed by atoms with E-state index in [0.29, 0.717) is 24.8 Å². The molecule has 2 aliphatic heterocycles. The molecule has 0 aromatic carbocycles. The molecule has 6 aliphatic rings. The average molecular weight is 364 g/mol. The van der Waals surface area contributed by atoms with Crippen LogP contribution in [0.1, 0.15) is 39.5 Å². The Morgan fingerprint density at radius 2 is 1.81 bits per heavy atom. The van der Waals surface area contributed by atoms with Gasteiger partial charge in [-0.1, -0.05) is 20.4 Å². The molecule has 6 rings (SSSR count). The van der Waals surface area contributed by atoms with Gasteiger partial charge < -0.3 is 25.2 Å². The Bertz CT molecular complexity index is 717. The molecular formula is C20H28O6. The number of fused-ring (bicyclic) bond motifs is 2. The number of aliphatic hydroxyl groups is 4. The van der Waals surface area contributed by atoms with E-state index in [1.165, 1.54) is 0 Å². The minimum Gasteiger partial charge on any atom is -0.392 e. The normalized spacial score (nSPS) is 59.9. The molecule has 0 amide bonds. The maximum atomic E-state index is 13.3. The van der Waals surface area contributed by atoms with Crippen molar-refractivity contribution in [2.24, 2.45) is 34.0 Å². The Labute approximate surface area is 152 Å². The van der Waals surface area contributed by atoms with Crippen LogP contribution in [0.2, 0.25) is 0 Å². The molecule has 4 saturated carbocycles. The van der Waals surface area contributed by atoms with Crippen molar-refractivity contribution < 1.29 is 30.0 Å². The van der Waals surface area contributed by atoms with Crippen molar-refractivity contribution in [1.82, 2.24) is 0 Å². The van der Waals surface area contributed by atoms with Crippen LogP contribution in [0.25, 0.3) is 0 Å². The maximum Gasteiger partial charge on any atom is 0.208 e. The molecular weight excluding hydrogens is 336 g/mol. The van der Waals surface area contributed by atoms with Gasteiger partial charge in [-0.2, -0.15) is 0 Å². The van der Waals surface area contributed by atoms with Crippen LogP contribution in [0.5, 0.6) is 0 Å². The Balaban J connectivity index is 1.81. The topological polar surface area (TPSA) is 107 Å². The summed E-state index contributed by atoms with van der Waals surface area (Å²) in [6.45, 7) is 8.07. The summed E-state index contributed by atoms with van der Waals surface area (Å²) in [4.78, 5) is 13.3. The highest BCUT2D eigenvalue weighted by molar-refractivity contribution is 6.05.